The fourth-order valence-electron chi connectivity index (χ4n) is 4.70. The molecule has 1 N–H and O–H groups in total. The molecular formula is C34H37F2N3O6S. The van der Waals surface area contributed by atoms with E-state index in [0.29, 0.717) is 28.8 Å². The van der Waals surface area contributed by atoms with E-state index in [1.807, 2.05) is 4.57 Å². The second kappa shape index (κ2) is 14.8. The largest absolute Gasteiger partial charge is 0.458 e. The van der Waals surface area contributed by atoms with Crippen LogP contribution in [0.3, 0.4) is 0 Å². The van der Waals surface area contributed by atoms with Crippen molar-refractivity contribution in [3.05, 3.63) is 114 Å². The summed E-state index contributed by atoms with van der Waals surface area (Å²) in [6.45, 7) is 5.79. The van der Waals surface area contributed by atoms with Gasteiger partial charge in [0.2, 0.25) is 0 Å². The smallest absolute Gasteiger partial charge is 0.329 e. The van der Waals surface area contributed by atoms with E-state index in [0.717, 1.165) is 6.26 Å². The molecule has 4 aromatic rings. The zero-order chi connectivity index (χ0) is 33.5. The first-order valence-electron chi connectivity index (χ1n) is 14.6. The average molecular weight is 654 g/mol. The minimum atomic E-state index is -3.46. The summed E-state index contributed by atoms with van der Waals surface area (Å²) >= 11 is 0. The summed E-state index contributed by atoms with van der Waals surface area (Å²) < 4.78 is 65.2. The Kier molecular flexibility index (Phi) is 11.1. The van der Waals surface area contributed by atoms with E-state index in [-0.39, 0.29) is 24.3 Å². The molecule has 0 fully saturated rings. The van der Waals surface area contributed by atoms with Crippen LogP contribution in [-0.4, -0.2) is 60.1 Å². The van der Waals surface area contributed by atoms with Crippen molar-refractivity contribution in [2.45, 2.75) is 51.5 Å². The van der Waals surface area contributed by atoms with Gasteiger partial charge in [-0.15, -0.1) is 0 Å². The van der Waals surface area contributed by atoms with Gasteiger partial charge in [0, 0.05) is 30.8 Å². The third-order valence-electron chi connectivity index (χ3n) is 6.89. The molecule has 244 valence electrons. The summed E-state index contributed by atoms with van der Waals surface area (Å²) in [6.07, 6.45) is 5.31. The Bertz CT molecular complexity index is 1740. The molecule has 0 saturated carbocycles. The van der Waals surface area contributed by atoms with E-state index in [9.17, 15) is 26.8 Å². The number of hydrogen-bond donors (Lipinski definition) is 1. The topological polar surface area (TPSA) is 117 Å². The standard InChI is InChI=1S/C34H37F2N3O6S/c1-34(2,3)45-33(41)30(15-20-46(4,42)43)38-32(40)28-14-9-25(21-29(28)23-5-10-26(35)11-6-23)31(24-7-12-27(36)13-8-24)44-19-18-39-17-16-37-22-39/h5-14,16-17,21-22,30-31H,15,18-20H2,1-4H3,(H,38,40)/t30-,31?/m0/s1. The molecule has 1 heterocycles. The van der Waals surface area contributed by atoms with E-state index >= 15 is 0 Å². The van der Waals surface area contributed by atoms with Crippen LogP contribution in [-0.2, 0) is 30.7 Å². The molecule has 0 aliphatic heterocycles. The highest BCUT2D eigenvalue weighted by Crippen LogP contribution is 2.33. The molecule has 0 aliphatic rings. The Morgan fingerprint density at radius 1 is 0.957 bits per heavy atom. The fraction of sp³-hybridized carbons (Fsp3) is 0.324. The highest BCUT2D eigenvalue weighted by atomic mass is 32.2. The van der Waals surface area contributed by atoms with Gasteiger partial charge in [-0.05, 0) is 85.8 Å². The predicted molar refractivity (Wildman–Crippen MR) is 170 cm³/mol. The van der Waals surface area contributed by atoms with Gasteiger partial charge in [0.1, 0.15) is 39.2 Å². The first-order valence-corrected chi connectivity index (χ1v) is 16.7. The van der Waals surface area contributed by atoms with Crippen molar-refractivity contribution in [1.29, 1.82) is 0 Å². The summed E-state index contributed by atoms with van der Waals surface area (Å²) in [6, 6.07) is 15.2. The van der Waals surface area contributed by atoms with E-state index in [4.69, 9.17) is 9.47 Å². The second-order valence-electron chi connectivity index (χ2n) is 11.9. The van der Waals surface area contributed by atoms with Gasteiger partial charge in [-0.25, -0.2) is 27.0 Å². The third kappa shape index (κ3) is 10.0. The molecule has 0 aliphatic carbocycles. The number of ether oxygens (including phenoxy) is 2. The number of benzene rings is 3. The molecule has 3 aromatic carbocycles. The van der Waals surface area contributed by atoms with E-state index in [1.165, 1.54) is 36.4 Å². The lowest BCUT2D eigenvalue weighted by molar-refractivity contribution is -0.157. The van der Waals surface area contributed by atoms with Crippen LogP contribution in [0, 0.1) is 11.6 Å². The molecule has 0 bridgehead atoms. The van der Waals surface area contributed by atoms with Crippen LogP contribution in [0.25, 0.3) is 11.1 Å². The Morgan fingerprint density at radius 3 is 2.17 bits per heavy atom. The van der Waals surface area contributed by atoms with Crippen molar-refractivity contribution in [3.8, 4) is 11.1 Å². The molecule has 0 spiro atoms. The number of nitrogens with zero attached hydrogens (tertiary/aromatic N) is 2. The maximum Gasteiger partial charge on any atom is 0.329 e. The number of esters is 1. The maximum absolute atomic E-state index is 13.9. The Labute approximate surface area is 267 Å². The molecule has 0 radical (unpaired) electrons. The third-order valence-corrected chi connectivity index (χ3v) is 7.86. The van der Waals surface area contributed by atoms with Gasteiger partial charge >= 0.3 is 5.97 Å². The maximum atomic E-state index is 13.9. The normalized spacial score (nSPS) is 13.2. The molecule has 46 heavy (non-hydrogen) atoms. The fourth-order valence-corrected chi connectivity index (χ4v) is 5.36. The van der Waals surface area contributed by atoms with Gasteiger partial charge in [-0.2, -0.15) is 0 Å². The lowest BCUT2D eigenvalue weighted by Crippen LogP contribution is -2.45. The van der Waals surface area contributed by atoms with E-state index in [2.05, 4.69) is 10.3 Å². The van der Waals surface area contributed by atoms with Crippen LogP contribution in [0.5, 0.6) is 0 Å². The number of imidazole rings is 1. The summed E-state index contributed by atoms with van der Waals surface area (Å²) in [7, 11) is -3.46. The van der Waals surface area contributed by atoms with Crippen molar-refractivity contribution in [2.75, 3.05) is 18.6 Å². The molecule has 2 atom stereocenters. The van der Waals surface area contributed by atoms with Gasteiger partial charge in [0.25, 0.3) is 5.91 Å². The summed E-state index contributed by atoms with van der Waals surface area (Å²) in [5.74, 6) is -2.66. The molecule has 1 unspecified atom stereocenters. The number of aromatic nitrogens is 2. The van der Waals surface area contributed by atoms with Crippen LogP contribution in [0.1, 0.15) is 54.8 Å². The van der Waals surface area contributed by atoms with Crippen LogP contribution in [0.2, 0.25) is 0 Å². The molecular weight excluding hydrogens is 616 g/mol. The monoisotopic (exact) mass is 653 g/mol. The first kappa shape index (κ1) is 34.5. The average Bonchev–Trinajstić information content (AvgIpc) is 3.50. The van der Waals surface area contributed by atoms with E-state index < -0.39 is 51.1 Å². The first-order chi connectivity index (χ1) is 21.7. The van der Waals surface area contributed by atoms with Crippen molar-refractivity contribution < 1.29 is 36.3 Å². The van der Waals surface area contributed by atoms with Gasteiger partial charge < -0.3 is 19.4 Å². The number of hydrogen-bond acceptors (Lipinski definition) is 7. The second-order valence-corrected chi connectivity index (χ2v) is 14.2. The number of amides is 1. The number of carbonyl (C=O) groups excluding carboxylic acids is 2. The summed E-state index contributed by atoms with van der Waals surface area (Å²) in [5.41, 5.74) is 1.49. The highest BCUT2D eigenvalue weighted by molar-refractivity contribution is 7.90. The number of carbonyl (C=O) groups is 2. The summed E-state index contributed by atoms with van der Waals surface area (Å²) in [4.78, 5) is 30.8. The molecule has 0 saturated heterocycles. The molecule has 4 rings (SSSR count). The van der Waals surface area contributed by atoms with Crippen molar-refractivity contribution in [2.24, 2.45) is 0 Å². The van der Waals surface area contributed by atoms with Crippen molar-refractivity contribution in [1.82, 2.24) is 14.9 Å². The Morgan fingerprint density at radius 2 is 1.59 bits per heavy atom. The Balaban J connectivity index is 1.72. The van der Waals surface area contributed by atoms with Crippen LogP contribution >= 0.6 is 0 Å². The van der Waals surface area contributed by atoms with Crippen LogP contribution in [0.4, 0.5) is 8.78 Å². The quantitative estimate of drug-likeness (QED) is 0.189. The number of rotatable bonds is 13. The number of nitrogens with one attached hydrogen (secondary N) is 1. The number of halogens is 2. The van der Waals surface area contributed by atoms with Gasteiger partial charge in [0.05, 0.1) is 18.7 Å². The summed E-state index contributed by atoms with van der Waals surface area (Å²) in [5, 5.41) is 2.65. The zero-order valence-electron chi connectivity index (χ0n) is 26.1. The zero-order valence-corrected chi connectivity index (χ0v) is 26.9. The number of sulfone groups is 1. The van der Waals surface area contributed by atoms with Gasteiger partial charge in [0.15, 0.2) is 0 Å². The molecule has 9 nitrogen and oxygen atoms in total. The van der Waals surface area contributed by atoms with Gasteiger partial charge in [-0.3, -0.25) is 4.79 Å². The predicted octanol–water partition coefficient (Wildman–Crippen LogP) is 5.51. The van der Waals surface area contributed by atoms with Crippen molar-refractivity contribution in [3.63, 3.8) is 0 Å². The van der Waals surface area contributed by atoms with Gasteiger partial charge in [-0.1, -0.05) is 30.3 Å². The van der Waals surface area contributed by atoms with E-state index in [1.54, 1.807) is 69.8 Å². The Hall–Kier alpha value is -4.42. The molecule has 12 heteroatoms. The lowest BCUT2D eigenvalue weighted by Gasteiger charge is -2.25. The van der Waals surface area contributed by atoms with Crippen LogP contribution in [0.15, 0.2) is 85.5 Å². The highest BCUT2D eigenvalue weighted by Gasteiger charge is 2.29. The molecule has 1 amide bonds. The van der Waals surface area contributed by atoms with Crippen LogP contribution < -0.4 is 5.32 Å². The molecule has 1 aromatic heterocycles. The minimum Gasteiger partial charge on any atom is -0.458 e. The van der Waals surface area contributed by atoms with Crippen molar-refractivity contribution >= 4 is 21.7 Å². The lowest BCUT2D eigenvalue weighted by atomic mass is 9.92. The SMILES string of the molecule is CC(C)(C)OC(=O)[C@H](CCS(C)(=O)=O)NC(=O)c1ccc(C(OCCn2ccnc2)c2ccc(F)cc2)cc1-c1ccc(F)cc1. The minimum absolute atomic E-state index is 0.152.